The number of rotatable bonds is 3. The molecule has 0 saturated carbocycles. The van der Waals surface area contributed by atoms with E-state index in [4.69, 9.17) is 4.74 Å². The number of thiophene rings is 1. The van der Waals surface area contributed by atoms with Crippen molar-refractivity contribution < 1.29 is 32.6 Å². The second-order valence-corrected chi connectivity index (χ2v) is 6.68. The maximum absolute atomic E-state index is 13.2. The van der Waals surface area contributed by atoms with E-state index in [1.54, 1.807) is 24.3 Å². The summed E-state index contributed by atoms with van der Waals surface area (Å²) in [6, 6.07) is 10.8. The first-order chi connectivity index (χ1) is 12.9. The van der Waals surface area contributed by atoms with Crippen LogP contribution in [0.3, 0.4) is 0 Å². The normalized spacial score (nSPS) is 14.2. The maximum Gasteiger partial charge on any atom is 0.586 e. The second kappa shape index (κ2) is 6.20. The van der Waals surface area contributed by atoms with Crippen LogP contribution in [0.2, 0.25) is 0 Å². The van der Waals surface area contributed by atoms with Crippen molar-refractivity contribution in [1.82, 2.24) is 5.32 Å². The minimum Gasteiger partial charge on any atom is -0.497 e. The number of fused-ring (bicyclic) bond motifs is 2. The highest BCUT2D eigenvalue weighted by atomic mass is 32.1. The molecule has 2 aromatic carbocycles. The standard InChI is InChI=1S/C18H11F2NO5S/c1-24-10-5-6-13-9(7-10)8-14(27-13)17(23)21-16(22)11-3-2-4-12-15(11)26-18(19,20)25-12/h2-8H,1H3,(H,21,22,23). The van der Waals surface area contributed by atoms with Gasteiger partial charge in [0.2, 0.25) is 0 Å². The summed E-state index contributed by atoms with van der Waals surface area (Å²) >= 11 is 1.19. The van der Waals surface area contributed by atoms with E-state index < -0.39 is 23.9 Å². The highest BCUT2D eigenvalue weighted by molar-refractivity contribution is 7.20. The SMILES string of the molecule is COc1ccc2sc(C(=O)NC(=O)c3cccc4c3OC(F)(F)O4)cc2c1. The highest BCUT2D eigenvalue weighted by Crippen LogP contribution is 2.43. The molecule has 3 aromatic rings. The third kappa shape index (κ3) is 3.17. The number of benzene rings is 2. The van der Waals surface area contributed by atoms with E-state index in [-0.39, 0.29) is 11.3 Å². The average Bonchev–Trinajstić information content (AvgIpc) is 3.19. The number of hydrogen-bond acceptors (Lipinski definition) is 6. The van der Waals surface area contributed by atoms with E-state index in [9.17, 15) is 18.4 Å². The van der Waals surface area contributed by atoms with Gasteiger partial charge in [0.25, 0.3) is 11.8 Å². The highest BCUT2D eigenvalue weighted by Gasteiger charge is 2.45. The molecule has 0 fully saturated rings. The summed E-state index contributed by atoms with van der Waals surface area (Å²) < 4.78 is 41.1. The molecule has 2 heterocycles. The van der Waals surface area contributed by atoms with Gasteiger partial charge in [0.1, 0.15) is 5.75 Å². The Hall–Kier alpha value is -3.20. The molecule has 4 rings (SSSR count). The molecule has 1 aromatic heterocycles. The molecule has 0 atom stereocenters. The van der Waals surface area contributed by atoms with Crippen LogP contribution in [0.5, 0.6) is 17.2 Å². The van der Waals surface area contributed by atoms with Gasteiger partial charge in [-0.1, -0.05) is 6.07 Å². The molecule has 27 heavy (non-hydrogen) atoms. The van der Waals surface area contributed by atoms with Crippen molar-refractivity contribution in [3.63, 3.8) is 0 Å². The maximum atomic E-state index is 13.2. The number of halogens is 2. The second-order valence-electron chi connectivity index (χ2n) is 5.60. The third-order valence-corrected chi connectivity index (χ3v) is 4.96. The summed E-state index contributed by atoms with van der Waals surface area (Å²) in [5.74, 6) is -1.55. The molecule has 2 amide bonds. The Kier molecular flexibility index (Phi) is 3.96. The number of nitrogens with one attached hydrogen (secondary N) is 1. The van der Waals surface area contributed by atoms with Gasteiger partial charge >= 0.3 is 6.29 Å². The lowest BCUT2D eigenvalue weighted by Crippen LogP contribution is -2.30. The summed E-state index contributed by atoms with van der Waals surface area (Å²) in [5.41, 5.74) is -0.221. The molecule has 1 aliphatic rings. The van der Waals surface area contributed by atoms with E-state index in [1.165, 1.54) is 36.6 Å². The van der Waals surface area contributed by atoms with Crippen LogP contribution in [0.15, 0.2) is 42.5 Å². The Morgan fingerprint density at radius 1 is 1.11 bits per heavy atom. The number of imide groups is 1. The van der Waals surface area contributed by atoms with E-state index >= 15 is 0 Å². The lowest BCUT2D eigenvalue weighted by atomic mass is 10.1. The summed E-state index contributed by atoms with van der Waals surface area (Å²) in [5, 5.41) is 2.97. The molecule has 0 bridgehead atoms. The number of carbonyl (C=O) groups is 2. The van der Waals surface area contributed by atoms with E-state index in [0.717, 1.165) is 10.1 Å². The van der Waals surface area contributed by atoms with Crippen LogP contribution in [0.1, 0.15) is 20.0 Å². The first kappa shape index (κ1) is 17.2. The Balaban J connectivity index is 1.57. The average molecular weight is 391 g/mol. The van der Waals surface area contributed by atoms with Crippen LogP contribution in [-0.4, -0.2) is 25.2 Å². The number of methoxy groups -OCH3 is 1. The summed E-state index contributed by atoms with van der Waals surface area (Å²) in [4.78, 5) is 25.1. The van der Waals surface area contributed by atoms with Crippen molar-refractivity contribution in [2.45, 2.75) is 6.29 Å². The number of ether oxygens (including phenoxy) is 3. The first-order valence-electron chi connectivity index (χ1n) is 7.68. The minimum absolute atomic E-state index is 0.221. The Labute approximate surface area is 155 Å². The molecule has 6 nitrogen and oxygen atoms in total. The predicted molar refractivity (Wildman–Crippen MR) is 92.8 cm³/mol. The van der Waals surface area contributed by atoms with Gasteiger partial charge in [-0.2, -0.15) is 0 Å². The van der Waals surface area contributed by atoms with Crippen molar-refractivity contribution in [3.05, 3.63) is 52.9 Å². The Morgan fingerprint density at radius 3 is 2.70 bits per heavy atom. The summed E-state index contributed by atoms with van der Waals surface area (Å²) in [6.45, 7) is 0. The van der Waals surface area contributed by atoms with Crippen molar-refractivity contribution in [2.75, 3.05) is 7.11 Å². The molecule has 0 saturated heterocycles. The zero-order chi connectivity index (χ0) is 19.2. The fourth-order valence-corrected chi connectivity index (χ4v) is 3.58. The number of para-hydroxylation sites is 1. The van der Waals surface area contributed by atoms with Gasteiger partial charge in [-0.25, -0.2) is 0 Å². The quantitative estimate of drug-likeness (QED) is 0.688. The van der Waals surface area contributed by atoms with E-state index in [0.29, 0.717) is 10.6 Å². The van der Waals surface area contributed by atoms with Crippen LogP contribution in [0.4, 0.5) is 8.78 Å². The molecular formula is C18H11F2NO5S. The van der Waals surface area contributed by atoms with Crippen LogP contribution >= 0.6 is 11.3 Å². The lowest BCUT2D eigenvalue weighted by molar-refractivity contribution is -0.286. The van der Waals surface area contributed by atoms with Crippen LogP contribution in [0, 0.1) is 0 Å². The monoisotopic (exact) mass is 391 g/mol. The van der Waals surface area contributed by atoms with E-state index in [2.05, 4.69) is 14.8 Å². The zero-order valence-electron chi connectivity index (χ0n) is 13.7. The number of carbonyl (C=O) groups excluding carboxylic acids is 2. The van der Waals surface area contributed by atoms with Crippen molar-refractivity contribution >= 4 is 33.2 Å². The number of hydrogen-bond donors (Lipinski definition) is 1. The van der Waals surface area contributed by atoms with Crippen molar-refractivity contribution in [3.8, 4) is 17.2 Å². The van der Waals surface area contributed by atoms with Gasteiger partial charge in [-0.15, -0.1) is 20.1 Å². The number of amides is 2. The summed E-state index contributed by atoms with van der Waals surface area (Å²) in [6.07, 6.45) is -3.85. The Bertz CT molecular complexity index is 1080. The van der Waals surface area contributed by atoms with Crippen LogP contribution in [-0.2, 0) is 0 Å². The molecule has 0 unspecified atom stereocenters. The molecular weight excluding hydrogens is 380 g/mol. The smallest absolute Gasteiger partial charge is 0.497 e. The fraction of sp³-hybridized carbons (Fsp3) is 0.111. The van der Waals surface area contributed by atoms with E-state index in [1.807, 2.05) is 0 Å². The molecule has 0 spiro atoms. The van der Waals surface area contributed by atoms with Gasteiger partial charge in [-0.05, 0) is 41.8 Å². The van der Waals surface area contributed by atoms with Crippen molar-refractivity contribution in [1.29, 1.82) is 0 Å². The van der Waals surface area contributed by atoms with Gasteiger partial charge < -0.3 is 14.2 Å². The fourth-order valence-electron chi connectivity index (χ4n) is 2.64. The minimum atomic E-state index is -3.85. The molecule has 0 aliphatic carbocycles. The molecule has 1 aliphatic heterocycles. The van der Waals surface area contributed by atoms with Gasteiger partial charge in [0.15, 0.2) is 11.5 Å². The van der Waals surface area contributed by atoms with Gasteiger partial charge in [-0.3, -0.25) is 14.9 Å². The van der Waals surface area contributed by atoms with Crippen LogP contribution < -0.4 is 19.5 Å². The Morgan fingerprint density at radius 2 is 1.93 bits per heavy atom. The molecule has 138 valence electrons. The van der Waals surface area contributed by atoms with Gasteiger partial charge in [0.05, 0.1) is 17.6 Å². The molecule has 9 heteroatoms. The first-order valence-corrected chi connectivity index (χ1v) is 8.50. The lowest BCUT2D eigenvalue weighted by Gasteiger charge is -2.07. The van der Waals surface area contributed by atoms with Gasteiger partial charge in [0, 0.05) is 4.70 Å². The topological polar surface area (TPSA) is 73.9 Å². The van der Waals surface area contributed by atoms with Crippen LogP contribution in [0.25, 0.3) is 10.1 Å². The third-order valence-electron chi connectivity index (χ3n) is 3.85. The number of alkyl halides is 2. The zero-order valence-corrected chi connectivity index (χ0v) is 14.6. The molecule has 1 N–H and O–H groups in total. The summed E-state index contributed by atoms with van der Waals surface area (Å²) in [7, 11) is 1.54. The van der Waals surface area contributed by atoms with Crippen molar-refractivity contribution in [2.24, 2.45) is 0 Å². The largest absolute Gasteiger partial charge is 0.586 e. The molecule has 0 radical (unpaired) electrons. The predicted octanol–water partition coefficient (Wildman–Crippen LogP) is 3.80.